The lowest BCUT2D eigenvalue weighted by Gasteiger charge is -2.16. The molecule has 1 heterocycles. The van der Waals surface area contributed by atoms with Crippen molar-refractivity contribution in [3.05, 3.63) is 89.2 Å². The fraction of sp³-hybridized carbons (Fsp3) is 0.259. The van der Waals surface area contributed by atoms with Gasteiger partial charge >= 0.3 is 12.1 Å². The molecular formula is C27H25N3O5. The van der Waals surface area contributed by atoms with Crippen LogP contribution in [0.4, 0.5) is 4.79 Å². The molecule has 3 aromatic rings. The van der Waals surface area contributed by atoms with Gasteiger partial charge in [-0.15, -0.1) is 0 Å². The molecule has 5 rings (SSSR count). The maximum atomic E-state index is 12.6. The SMILES string of the molecule is O=C(O)CC1(NC(=O)c2ccnc(CNC(=O)OCC3c4ccccc4-c4ccccc43)c2)CC1. The van der Waals surface area contributed by atoms with Gasteiger partial charge in [0.15, 0.2) is 0 Å². The molecule has 0 spiro atoms. The lowest BCUT2D eigenvalue weighted by Crippen LogP contribution is -2.38. The van der Waals surface area contributed by atoms with Crippen molar-refractivity contribution >= 4 is 18.0 Å². The third-order valence-corrected chi connectivity index (χ3v) is 6.56. The number of aliphatic carboxylic acids is 1. The zero-order valence-electron chi connectivity index (χ0n) is 19.0. The number of nitrogens with zero attached hydrogens (tertiary/aromatic N) is 1. The first-order valence-electron chi connectivity index (χ1n) is 11.5. The molecular weight excluding hydrogens is 446 g/mol. The van der Waals surface area contributed by atoms with Crippen LogP contribution < -0.4 is 10.6 Å². The van der Waals surface area contributed by atoms with Crippen LogP contribution in [0, 0.1) is 0 Å². The summed E-state index contributed by atoms with van der Waals surface area (Å²) in [5.74, 6) is -1.32. The van der Waals surface area contributed by atoms with Gasteiger partial charge in [-0.1, -0.05) is 48.5 Å². The number of carbonyl (C=O) groups is 3. The van der Waals surface area contributed by atoms with Crippen molar-refractivity contribution in [3.8, 4) is 11.1 Å². The Hall–Kier alpha value is -4.20. The zero-order chi connectivity index (χ0) is 24.4. The second-order valence-corrected chi connectivity index (χ2v) is 9.02. The zero-order valence-corrected chi connectivity index (χ0v) is 19.0. The van der Waals surface area contributed by atoms with Crippen molar-refractivity contribution < 1.29 is 24.2 Å². The molecule has 8 heteroatoms. The Labute approximate surface area is 202 Å². The fourth-order valence-corrected chi connectivity index (χ4v) is 4.63. The van der Waals surface area contributed by atoms with Gasteiger partial charge in [-0.25, -0.2) is 4.79 Å². The van der Waals surface area contributed by atoms with Crippen molar-refractivity contribution in [2.75, 3.05) is 6.61 Å². The Balaban J connectivity index is 1.17. The van der Waals surface area contributed by atoms with E-state index >= 15 is 0 Å². The van der Waals surface area contributed by atoms with E-state index in [1.165, 1.54) is 6.20 Å². The first kappa shape index (κ1) is 22.6. The molecule has 0 radical (unpaired) electrons. The third-order valence-electron chi connectivity index (χ3n) is 6.56. The van der Waals surface area contributed by atoms with E-state index in [9.17, 15) is 14.4 Å². The highest BCUT2D eigenvalue weighted by Crippen LogP contribution is 2.44. The Bertz CT molecular complexity index is 1260. The number of ether oxygens (including phenoxy) is 1. The minimum atomic E-state index is -0.939. The van der Waals surface area contributed by atoms with Gasteiger partial charge in [-0.2, -0.15) is 0 Å². The van der Waals surface area contributed by atoms with Gasteiger partial charge in [0.05, 0.1) is 24.2 Å². The van der Waals surface area contributed by atoms with Crippen LogP contribution in [-0.4, -0.2) is 40.2 Å². The largest absolute Gasteiger partial charge is 0.481 e. The van der Waals surface area contributed by atoms with Crippen LogP contribution in [-0.2, 0) is 16.1 Å². The number of hydrogen-bond acceptors (Lipinski definition) is 5. The van der Waals surface area contributed by atoms with Crippen LogP contribution in [0.5, 0.6) is 0 Å². The number of aromatic nitrogens is 1. The second kappa shape index (κ2) is 9.21. The van der Waals surface area contributed by atoms with Crippen LogP contribution in [0.3, 0.4) is 0 Å². The predicted molar refractivity (Wildman–Crippen MR) is 128 cm³/mol. The Morgan fingerprint density at radius 2 is 1.66 bits per heavy atom. The summed E-state index contributed by atoms with van der Waals surface area (Å²) in [4.78, 5) is 40.2. The first-order valence-corrected chi connectivity index (χ1v) is 11.5. The van der Waals surface area contributed by atoms with E-state index in [-0.39, 0.29) is 31.4 Å². The van der Waals surface area contributed by atoms with Crippen LogP contribution >= 0.6 is 0 Å². The lowest BCUT2D eigenvalue weighted by atomic mass is 9.98. The van der Waals surface area contributed by atoms with Crippen LogP contribution in [0.2, 0.25) is 0 Å². The molecule has 0 atom stereocenters. The molecule has 8 nitrogen and oxygen atoms in total. The fourth-order valence-electron chi connectivity index (χ4n) is 4.63. The van der Waals surface area contributed by atoms with Crippen molar-refractivity contribution in [1.29, 1.82) is 0 Å². The smallest absolute Gasteiger partial charge is 0.407 e. The normalized spacial score (nSPS) is 15.0. The number of fused-ring (bicyclic) bond motifs is 3. The molecule has 2 aromatic carbocycles. The summed E-state index contributed by atoms with van der Waals surface area (Å²) in [7, 11) is 0. The quantitative estimate of drug-likeness (QED) is 0.459. The molecule has 178 valence electrons. The molecule has 0 unspecified atom stereocenters. The predicted octanol–water partition coefficient (Wildman–Crippen LogP) is 3.86. The third kappa shape index (κ3) is 4.87. The molecule has 35 heavy (non-hydrogen) atoms. The first-order chi connectivity index (χ1) is 16.9. The Morgan fingerprint density at radius 3 is 2.29 bits per heavy atom. The number of hydrogen-bond donors (Lipinski definition) is 3. The van der Waals surface area contributed by atoms with Crippen LogP contribution in [0.1, 0.15) is 52.4 Å². The van der Waals surface area contributed by atoms with E-state index in [1.54, 1.807) is 12.1 Å². The number of carboxylic acid groups (broad SMARTS) is 1. The summed E-state index contributed by atoms with van der Waals surface area (Å²) < 4.78 is 5.54. The van der Waals surface area contributed by atoms with Gasteiger partial charge in [0.2, 0.25) is 0 Å². The number of nitrogens with one attached hydrogen (secondary N) is 2. The van der Waals surface area contributed by atoms with Gasteiger partial charge in [0, 0.05) is 17.7 Å². The molecule has 0 bridgehead atoms. The molecule has 0 saturated heterocycles. The highest BCUT2D eigenvalue weighted by atomic mass is 16.5. The van der Waals surface area contributed by atoms with E-state index in [0.29, 0.717) is 24.1 Å². The molecule has 3 N–H and O–H groups in total. The Morgan fingerprint density at radius 1 is 1.00 bits per heavy atom. The van der Waals surface area contributed by atoms with E-state index < -0.39 is 17.6 Å². The molecule has 1 aromatic heterocycles. The van der Waals surface area contributed by atoms with Gasteiger partial charge in [0.25, 0.3) is 5.91 Å². The van der Waals surface area contributed by atoms with Crippen molar-refractivity contribution in [3.63, 3.8) is 0 Å². The van der Waals surface area contributed by atoms with E-state index in [2.05, 4.69) is 39.9 Å². The van der Waals surface area contributed by atoms with Crippen LogP contribution in [0.25, 0.3) is 11.1 Å². The minimum absolute atomic E-state index is 0.0288. The average molecular weight is 472 g/mol. The molecule has 2 aliphatic carbocycles. The summed E-state index contributed by atoms with van der Waals surface area (Å²) in [5, 5.41) is 14.5. The average Bonchev–Trinajstić information content (AvgIpc) is 3.53. The molecule has 1 fully saturated rings. The van der Waals surface area contributed by atoms with Gasteiger partial charge in [0.1, 0.15) is 6.61 Å². The molecule has 0 aliphatic heterocycles. The molecule has 1 saturated carbocycles. The molecule has 2 amide bonds. The number of alkyl carbamates (subject to hydrolysis) is 1. The monoisotopic (exact) mass is 471 g/mol. The van der Waals surface area contributed by atoms with E-state index in [0.717, 1.165) is 22.3 Å². The highest BCUT2D eigenvalue weighted by molar-refractivity contribution is 5.95. The van der Waals surface area contributed by atoms with Gasteiger partial charge in [-0.3, -0.25) is 14.6 Å². The number of benzene rings is 2. The number of pyridine rings is 1. The summed E-state index contributed by atoms with van der Waals surface area (Å²) in [6.07, 6.45) is 2.11. The number of carbonyl (C=O) groups excluding carboxylic acids is 2. The molecule has 2 aliphatic rings. The van der Waals surface area contributed by atoms with Crippen molar-refractivity contribution in [2.45, 2.75) is 37.3 Å². The maximum absolute atomic E-state index is 12.6. The minimum Gasteiger partial charge on any atom is -0.481 e. The van der Waals surface area contributed by atoms with E-state index in [4.69, 9.17) is 9.84 Å². The standard InChI is InChI=1S/C27H25N3O5/c31-24(32)14-27(10-11-27)30-25(33)17-9-12-28-18(13-17)15-29-26(34)35-16-23-21-7-3-1-5-19(21)20-6-2-4-8-22(20)23/h1-9,12-13,23H,10-11,14-16H2,(H,29,34)(H,30,33)(H,31,32). The topological polar surface area (TPSA) is 118 Å². The van der Waals surface area contributed by atoms with Crippen LogP contribution in [0.15, 0.2) is 66.9 Å². The highest BCUT2D eigenvalue weighted by Gasteiger charge is 2.45. The number of carboxylic acids is 1. The van der Waals surface area contributed by atoms with Gasteiger partial charge in [-0.05, 0) is 47.2 Å². The summed E-state index contributed by atoms with van der Waals surface area (Å²) in [6, 6.07) is 19.4. The number of amides is 2. The van der Waals surface area contributed by atoms with Gasteiger partial charge < -0.3 is 20.5 Å². The van der Waals surface area contributed by atoms with E-state index in [1.807, 2.05) is 24.3 Å². The summed E-state index contributed by atoms with van der Waals surface area (Å²) >= 11 is 0. The van der Waals surface area contributed by atoms with Crippen molar-refractivity contribution in [2.24, 2.45) is 0 Å². The lowest BCUT2D eigenvalue weighted by molar-refractivity contribution is -0.137. The second-order valence-electron chi connectivity index (χ2n) is 9.02. The maximum Gasteiger partial charge on any atom is 0.407 e. The summed E-state index contributed by atoms with van der Waals surface area (Å²) in [6.45, 7) is 0.305. The Kier molecular flexibility index (Phi) is 5.94. The van der Waals surface area contributed by atoms with Crippen molar-refractivity contribution in [1.82, 2.24) is 15.6 Å². The number of rotatable bonds is 8. The summed E-state index contributed by atoms with van der Waals surface area (Å²) in [5.41, 5.74) is 4.79.